The number of alkyl carbamates (subject to hydrolysis) is 1. The molecule has 3 aromatic rings. The first-order chi connectivity index (χ1) is 18.7. The Morgan fingerprint density at radius 1 is 0.872 bits per heavy atom. The van der Waals surface area contributed by atoms with Gasteiger partial charge in [0.1, 0.15) is 18.9 Å². The normalized spacial score (nSPS) is 13.8. The van der Waals surface area contributed by atoms with E-state index in [-0.39, 0.29) is 13.2 Å². The number of nitrogens with one attached hydrogen (secondary N) is 2. The number of esters is 1. The first kappa shape index (κ1) is 29.6. The fourth-order valence-corrected chi connectivity index (χ4v) is 6.25. The van der Waals surface area contributed by atoms with Crippen LogP contribution in [-0.4, -0.2) is 37.2 Å². The molecule has 0 aliphatic rings. The van der Waals surface area contributed by atoms with Crippen LogP contribution in [0.1, 0.15) is 36.3 Å². The molecule has 9 nitrogen and oxygen atoms in total. The van der Waals surface area contributed by atoms with Crippen LogP contribution in [0, 0.1) is 6.92 Å². The lowest BCUT2D eigenvalue weighted by molar-refractivity contribution is -0.150. The van der Waals surface area contributed by atoms with Crippen molar-refractivity contribution < 1.29 is 32.9 Å². The highest BCUT2D eigenvalue weighted by Crippen LogP contribution is 2.58. The zero-order valence-electron chi connectivity index (χ0n) is 22.2. The van der Waals surface area contributed by atoms with Gasteiger partial charge in [-0.25, -0.2) is 9.59 Å². The second-order valence-corrected chi connectivity index (χ2v) is 11.2. The van der Waals surface area contributed by atoms with Crippen LogP contribution in [-0.2, 0) is 34.8 Å². The maximum Gasteiger partial charge on any atom is 0.407 e. The van der Waals surface area contributed by atoms with Crippen LogP contribution < -0.4 is 15.9 Å². The summed E-state index contributed by atoms with van der Waals surface area (Å²) >= 11 is 0. The Morgan fingerprint density at radius 3 is 2.10 bits per heavy atom. The zero-order valence-corrected chi connectivity index (χ0v) is 23.1. The van der Waals surface area contributed by atoms with E-state index < -0.39 is 43.8 Å². The fraction of sp³-hybridized carbons (Fsp3) is 0.276. The van der Waals surface area contributed by atoms with Gasteiger partial charge in [-0.15, -0.1) is 0 Å². The van der Waals surface area contributed by atoms with Gasteiger partial charge in [-0.3, -0.25) is 9.36 Å². The molecule has 0 spiro atoms. The topological polar surface area (TPSA) is 120 Å². The Kier molecular flexibility index (Phi) is 10.8. The Hall–Kier alpha value is -3.94. The highest BCUT2D eigenvalue weighted by molar-refractivity contribution is 7.67. The number of rotatable bonds is 12. The number of amides is 2. The average Bonchev–Trinajstić information content (AvgIpc) is 2.95. The van der Waals surface area contributed by atoms with Crippen molar-refractivity contribution in [1.82, 2.24) is 10.6 Å². The number of hydrogen-bond acceptors (Lipinski definition) is 7. The number of hydrogen-bond donors (Lipinski definition) is 2. The summed E-state index contributed by atoms with van der Waals surface area (Å²) in [6.45, 7) is 4.76. The van der Waals surface area contributed by atoms with Gasteiger partial charge < -0.3 is 24.6 Å². The van der Waals surface area contributed by atoms with Crippen molar-refractivity contribution in [3.63, 3.8) is 0 Å². The predicted molar refractivity (Wildman–Crippen MR) is 148 cm³/mol. The first-order valence-corrected chi connectivity index (χ1v) is 14.2. The van der Waals surface area contributed by atoms with E-state index in [9.17, 15) is 18.9 Å². The van der Waals surface area contributed by atoms with Gasteiger partial charge in [0, 0.05) is 5.30 Å². The van der Waals surface area contributed by atoms with E-state index in [4.69, 9.17) is 14.0 Å². The van der Waals surface area contributed by atoms with Crippen LogP contribution in [0.3, 0.4) is 0 Å². The van der Waals surface area contributed by atoms with Crippen molar-refractivity contribution in [2.45, 2.75) is 39.3 Å². The van der Waals surface area contributed by atoms with Crippen molar-refractivity contribution in [2.75, 3.05) is 13.2 Å². The lowest BCUT2D eigenvalue weighted by Crippen LogP contribution is -2.40. The third kappa shape index (κ3) is 8.53. The first-order valence-electron chi connectivity index (χ1n) is 12.5. The summed E-state index contributed by atoms with van der Waals surface area (Å²) in [5.74, 6) is -2.46. The monoisotopic (exact) mass is 552 g/mol. The molecule has 0 aliphatic carbocycles. The number of carbonyl (C=O) groups excluding carboxylic acids is 3. The molecule has 2 amide bonds. The number of benzene rings is 3. The Labute approximate surface area is 228 Å². The van der Waals surface area contributed by atoms with Gasteiger partial charge in [0.15, 0.2) is 6.10 Å². The molecule has 3 rings (SSSR count). The Balaban J connectivity index is 1.83. The third-order valence-corrected chi connectivity index (χ3v) is 8.44. The molecule has 2 unspecified atom stereocenters. The van der Waals surface area contributed by atoms with Crippen molar-refractivity contribution in [1.29, 1.82) is 0 Å². The average molecular weight is 553 g/mol. The molecule has 39 heavy (non-hydrogen) atoms. The molecule has 3 atom stereocenters. The lowest BCUT2D eigenvalue weighted by Gasteiger charge is -2.31. The molecule has 0 saturated heterocycles. The lowest BCUT2D eigenvalue weighted by atomic mass is 10.1. The van der Waals surface area contributed by atoms with E-state index >= 15 is 0 Å². The quantitative estimate of drug-likeness (QED) is 0.249. The van der Waals surface area contributed by atoms with Gasteiger partial charge >= 0.3 is 12.1 Å². The molecular formula is C29H33N2O7P. The minimum Gasteiger partial charge on any atom is -0.464 e. The summed E-state index contributed by atoms with van der Waals surface area (Å²) in [6, 6.07) is 24.6. The van der Waals surface area contributed by atoms with E-state index in [1.54, 1.807) is 49.4 Å². The van der Waals surface area contributed by atoms with Crippen LogP contribution in [0.4, 0.5) is 4.79 Å². The summed E-state index contributed by atoms with van der Waals surface area (Å²) in [5, 5.41) is 5.46. The van der Waals surface area contributed by atoms with E-state index in [1.807, 2.05) is 49.4 Å². The summed E-state index contributed by atoms with van der Waals surface area (Å²) in [6.07, 6.45) is -1.95. The van der Waals surface area contributed by atoms with E-state index in [0.717, 1.165) is 11.1 Å². The van der Waals surface area contributed by atoms with Gasteiger partial charge in [0.05, 0.1) is 6.61 Å². The van der Waals surface area contributed by atoms with Gasteiger partial charge in [0.25, 0.3) is 7.37 Å². The van der Waals surface area contributed by atoms with E-state index in [1.165, 1.54) is 6.92 Å². The molecule has 2 N–H and O–H groups in total. The standard InChI is InChI=1S/C29H33N2O7P/c1-4-36-28(33)22(3)38-39(35,25-13-9-6-10-14-25)27(24-17-15-21(2)16-18-24)31-26(32)19-30-29(34)37-20-23-11-7-5-8-12-23/h5-18,22,27H,4,19-20H2,1-3H3,(H,30,34)(H,31,32)/t22-,27?,39?/m0/s1. The summed E-state index contributed by atoms with van der Waals surface area (Å²) in [7, 11) is -3.98. The second kappa shape index (κ2) is 14.3. The van der Waals surface area contributed by atoms with Crippen LogP contribution in [0.5, 0.6) is 0 Å². The van der Waals surface area contributed by atoms with E-state index in [0.29, 0.717) is 10.9 Å². The SMILES string of the molecule is CCOC(=O)[C@H](C)OP(=O)(c1ccccc1)C(NC(=O)CNC(=O)OCc1ccccc1)c1ccc(C)cc1. The molecule has 0 saturated carbocycles. The molecule has 0 aromatic heterocycles. The number of carbonyl (C=O) groups is 3. The minimum atomic E-state index is -3.98. The molecule has 206 valence electrons. The maximum absolute atomic E-state index is 14.7. The molecule has 0 radical (unpaired) electrons. The fourth-order valence-electron chi connectivity index (χ4n) is 3.69. The summed E-state index contributed by atoms with van der Waals surface area (Å²) < 4.78 is 30.9. The zero-order chi connectivity index (χ0) is 28.3. The van der Waals surface area contributed by atoms with Crippen LogP contribution in [0.15, 0.2) is 84.9 Å². The van der Waals surface area contributed by atoms with Crippen LogP contribution in [0.25, 0.3) is 0 Å². The highest BCUT2D eigenvalue weighted by Gasteiger charge is 2.41. The smallest absolute Gasteiger partial charge is 0.407 e. The summed E-state index contributed by atoms with van der Waals surface area (Å²) in [5.41, 5.74) is 2.26. The molecular weight excluding hydrogens is 519 g/mol. The highest BCUT2D eigenvalue weighted by atomic mass is 31.2. The van der Waals surface area contributed by atoms with Crippen LogP contribution >= 0.6 is 7.37 Å². The Bertz CT molecular complexity index is 1280. The largest absolute Gasteiger partial charge is 0.464 e. The van der Waals surface area contributed by atoms with Gasteiger partial charge in [-0.2, -0.15) is 0 Å². The maximum atomic E-state index is 14.7. The Morgan fingerprint density at radius 2 is 1.49 bits per heavy atom. The van der Waals surface area contributed by atoms with Crippen LogP contribution in [0.2, 0.25) is 0 Å². The third-order valence-electron chi connectivity index (χ3n) is 5.69. The molecule has 3 aromatic carbocycles. The molecule has 10 heteroatoms. The van der Waals surface area contributed by atoms with Crippen molar-refractivity contribution in [2.24, 2.45) is 0 Å². The summed E-state index contributed by atoms with van der Waals surface area (Å²) in [4.78, 5) is 37.6. The molecule has 0 fully saturated rings. The van der Waals surface area contributed by atoms with Crippen molar-refractivity contribution in [3.05, 3.63) is 102 Å². The molecule has 0 heterocycles. The number of aryl methyl sites for hydroxylation is 1. The van der Waals surface area contributed by atoms with Gasteiger partial charge in [-0.1, -0.05) is 78.4 Å². The van der Waals surface area contributed by atoms with Crippen molar-refractivity contribution >= 4 is 30.6 Å². The second-order valence-electron chi connectivity index (χ2n) is 8.73. The molecule has 0 aliphatic heterocycles. The molecule has 0 bridgehead atoms. The number of ether oxygens (including phenoxy) is 2. The minimum absolute atomic E-state index is 0.0447. The van der Waals surface area contributed by atoms with Gasteiger partial charge in [-0.05, 0) is 44.0 Å². The predicted octanol–water partition coefficient (Wildman–Crippen LogP) is 4.61. The van der Waals surface area contributed by atoms with E-state index in [2.05, 4.69) is 10.6 Å². The van der Waals surface area contributed by atoms with Gasteiger partial charge in [0.2, 0.25) is 5.91 Å². The van der Waals surface area contributed by atoms with Crippen molar-refractivity contribution in [3.8, 4) is 0 Å².